The third-order valence-corrected chi connectivity index (χ3v) is 5.25. The lowest BCUT2D eigenvalue weighted by atomic mass is 10.1. The number of carbonyl (C=O) groups excluding carboxylic acids is 1. The van der Waals surface area contributed by atoms with Gasteiger partial charge in [0.25, 0.3) is 0 Å². The number of aliphatic hydroxyl groups is 1. The standard InChI is InChI=1S/C20H26N4O3/c1-13-16(14(2)24(4)22-13)7-10-19(25)23(3)17-8-9-18(20(17)26)27-15-6-5-11-21-12-15/h5-7,10-12,17-18,20,26H,8-9H2,1-4H3/b10-7+/t17-,18-,20-/m1/s1. The molecule has 0 aromatic carbocycles. The molecule has 0 spiro atoms. The highest BCUT2D eigenvalue weighted by Gasteiger charge is 2.39. The second-order valence-electron chi connectivity index (χ2n) is 6.97. The van der Waals surface area contributed by atoms with Gasteiger partial charge in [-0.25, -0.2) is 0 Å². The summed E-state index contributed by atoms with van der Waals surface area (Å²) in [5, 5.41) is 15.0. The van der Waals surface area contributed by atoms with Gasteiger partial charge in [0.1, 0.15) is 18.0 Å². The number of hydrogen-bond acceptors (Lipinski definition) is 5. The third kappa shape index (κ3) is 4.03. The molecular formula is C20H26N4O3. The van der Waals surface area contributed by atoms with E-state index < -0.39 is 6.10 Å². The molecule has 2 aromatic rings. The highest BCUT2D eigenvalue weighted by Crippen LogP contribution is 2.28. The summed E-state index contributed by atoms with van der Waals surface area (Å²) < 4.78 is 7.63. The average molecular weight is 370 g/mol. The van der Waals surface area contributed by atoms with Crippen LogP contribution in [-0.4, -0.2) is 56.0 Å². The zero-order chi connectivity index (χ0) is 19.6. The predicted molar refractivity (Wildman–Crippen MR) is 102 cm³/mol. The molecular weight excluding hydrogens is 344 g/mol. The fraction of sp³-hybridized carbons (Fsp3) is 0.450. The van der Waals surface area contributed by atoms with E-state index in [2.05, 4.69) is 10.1 Å². The minimum atomic E-state index is -0.741. The number of nitrogens with zero attached hydrogens (tertiary/aromatic N) is 4. The molecule has 0 saturated heterocycles. The summed E-state index contributed by atoms with van der Waals surface area (Å²) in [6, 6.07) is 3.32. The lowest BCUT2D eigenvalue weighted by Gasteiger charge is -2.28. The van der Waals surface area contributed by atoms with Crippen molar-refractivity contribution in [2.75, 3.05) is 7.05 Å². The Labute approximate surface area is 159 Å². The second kappa shape index (κ2) is 7.92. The Bertz CT molecular complexity index is 831. The van der Waals surface area contributed by atoms with E-state index in [0.29, 0.717) is 18.6 Å². The van der Waals surface area contributed by atoms with Crippen LogP contribution in [0.15, 0.2) is 30.6 Å². The van der Waals surface area contributed by atoms with Gasteiger partial charge >= 0.3 is 0 Å². The first kappa shape index (κ1) is 19.1. The number of aromatic nitrogens is 3. The van der Waals surface area contributed by atoms with Crippen LogP contribution in [0.3, 0.4) is 0 Å². The van der Waals surface area contributed by atoms with Crippen molar-refractivity contribution >= 4 is 12.0 Å². The summed E-state index contributed by atoms with van der Waals surface area (Å²) in [6.07, 6.45) is 6.91. The van der Waals surface area contributed by atoms with E-state index in [1.807, 2.05) is 27.0 Å². The third-order valence-electron chi connectivity index (χ3n) is 5.25. The van der Waals surface area contributed by atoms with E-state index in [1.54, 1.807) is 47.2 Å². The molecule has 2 heterocycles. The van der Waals surface area contributed by atoms with Crippen LogP contribution in [0, 0.1) is 13.8 Å². The molecule has 0 unspecified atom stereocenters. The maximum Gasteiger partial charge on any atom is 0.246 e. The van der Waals surface area contributed by atoms with Crippen molar-refractivity contribution in [2.45, 2.75) is 44.9 Å². The lowest BCUT2D eigenvalue weighted by Crippen LogP contribution is -2.44. The Kier molecular flexibility index (Phi) is 5.60. The van der Waals surface area contributed by atoms with Crippen LogP contribution in [0.1, 0.15) is 29.8 Å². The quantitative estimate of drug-likeness (QED) is 0.813. The van der Waals surface area contributed by atoms with Gasteiger partial charge in [-0.2, -0.15) is 5.10 Å². The number of aliphatic hydroxyl groups excluding tert-OH is 1. The Morgan fingerprint density at radius 3 is 2.81 bits per heavy atom. The SMILES string of the molecule is Cc1nn(C)c(C)c1/C=C/C(=O)N(C)[C@@H]1CC[C@@H](Oc2cccnc2)[C@@H]1O. The molecule has 27 heavy (non-hydrogen) atoms. The van der Waals surface area contributed by atoms with Gasteiger partial charge in [-0.05, 0) is 44.9 Å². The van der Waals surface area contributed by atoms with Gasteiger partial charge in [-0.3, -0.25) is 14.5 Å². The van der Waals surface area contributed by atoms with Crippen molar-refractivity contribution in [3.05, 3.63) is 47.6 Å². The van der Waals surface area contributed by atoms with Crippen LogP contribution >= 0.6 is 0 Å². The topological polar surface area (TPSA) is 80.5 Å². The van der Waals surface area contributed by atoms with Crippen molar-refractivity contribution in [1.29, 1.82) is 0 Å². The summed E-state index contributed by atoms with van der Waals surface area (Å²) >= 11 is 0. The second-order valence-corrected chi connectivity index (χ2v) is 6.97. The Hall–Kier alpha value is -2.67. The molecule has 1 aliphatic rings. The number of amides is 1. The highest BCUT2D eigenvalue weighted by atomic mass is 16.5. The van der Waals surface area contributed by atoms with E-state index in [-0.39, 0.29) is 18.1 Å². The molecule has 3 rings (SSSR count). The molecule has 144 valence electrons. The first-order valence-corrected chi connectivity index (χ1v) is 9.08. The lowest BCUT2D eigenvalue weighted by molar-refractivity contribution is -0.129. The number of pyridine rings is 1. The normalized spacial score (nSPS) is 22.3. The molecule has 0 bridgehead atoms. The monoisotopic (exact) mass is 370 g/mol. The molecule has 2 aromatic heterocycles. The van der Waals surface area contributed by atoms with Crippen molar-refractivity contribution in [1.82, 2.24) is 19.7 Å². The number of likely N-dealkylation sites (N-methyl/N-ethyl adjacent to an activating group) is 1. The van der Waals surface area contributed by atoms with Gasteiger partial charge in [-0.1, -0.05) is 0 Å². The molecule has 0 radical (unpaired) electrons. The molecule has 3 atom stereocenters. The zero-order valence-corrected chi connectivity index (χ0v) is 16.2. The molecule has 1 aliphatic carbocycles. The molecule has 7 heteroatoms. The first-order valence-electron chi connectivity index (χ1n) is 9.08. The van der Waals surface area contributed by atoms with Crippen LogP contribution < -0.4 is 4.74 Å². The number of rotatable bonds is 5. The highest BCUT2D eigenvalue weighted by molar-refractivity contribution is 5.92. The molecule has 1 fully saturated rings. The number of carbonyl (C=O) groups is 1. The van der Waals surface area contributed by atoms with Gasteiger partial charge < -0.3 is 14.7 Å². The van der Waals surface area contributed by atoms with Gasteiger partial charge in [-0.15, -0.1) is 0 Å². The number of ether oxygens (including phenoxy) is 1. The maximum absolute atomic E-state index is 12.6. The summed E-state index contributed by atoms with van der Waals surface area (Å²) in [5.74, 6) is 0.474. The van der Waals surface area contributed by atoms with Crippen molar-refractivity contribution in [2.24, 2.45) is 7.05 Å². The predicted octanol–water partition coefficient (Wildman–Crippen LogP) is 1.87. The summed E-state index contributed by atoms with van der Waals surface area (Å²) in [4.78, 5) is 18.2. The van der Waals surface area contributed by atoms with E-state index in [9.17, 15) is 9.90 Å². The van der Waals surface area contributed by atoms with Crippen molar-refractivity contribution in [3.63, 3.8) is 0 Å². The smallest absolute Gasteiger partial charge is 0.246 e. The van der Waals surface area contributed by atoms with Crippen molar-refractivity contribution < 1.29 is 14.6 Å². The van der Waals surface area contributed by atoms with Gasteiger partial charge in [0.15, 0.2) is 0 Å². The van der Waals surface area contributed by atoms with Crippen LogP contribution in [0.4, 0.5) is 0 Å². The molecule has 1 saturated carbocycles. The van der Waals surface area contributed by atoms with Crippen LogP contribution in [-0.2, 0) is 11.8 Å². The Morgan fingerprint density at radius 1 is 1.41 bits per heavy atom. The van der Waals surface area contributed by atoms with E-state index in [1.165, 1.54) is 0 Å². The number of hydrogen-bond donors (Lipinski definition) is 1. The summed E-state index contributed by atoms with van der Waals surface area (Å²) in [5.41, 5.74) is 2.83. The minimum Gasteiger partial charge on any atom is -0.486 e. The molecule has 7 nitrogen and oxygen atoms in total. The zero-order valence-electron chi connectivity index (χ0n) is 16.2. The van der Waals surface area contributed by atoms with E-state index in [4.69, 9.17) is 4.74 Å². The fourth-order valence-electron chi connectivity index (χ4n) is 3.53. The van der Waals surface area contributed by atoms with Gasteiger partial charge in [0.05, 0.1) is 17.9 Å². The Morgan fingerprint density at radius 2 is 2.19 bits per heavy atom. The largest absolute Gasteiger partial charge is 0.486 e. The molecule has 0 aliphatic heterocycles. The summed E-state index contributed by atoms with van der Waals surface area (Å²) in [7, 11) is 3.60. The van der Waals surface area contributed by atoms with Crippen LogP contribution in [0.25, 0.3) is 6.08 Å². The molecule has 1 N–H and O–H groups in total. The van der Waals surface area contributed by atoms with Gasteiger partial charge in [0, 0.05) is 37.6 Å². The maximum atomic E-state index is 12.6. The summed E-state index contributed by atoms with van der Waals surface area (Å²) in [6.45, 7) is 3.89. The fourth-order valence-corrected chi connectivity index (χ4v) is 3.53. The molecule has 1 amide bonds. The average Bonchev–Trinajstić information content (AvgIpc) is 3.13. The van der Waals surface area contributed by atoms with Gasteiger partial charge in [0.2, 0.25) is 5.91 Å². The van der Waals surface area contributed by atoms with Crippen LogP contribution in [0.2, 0.25) is 0 Å². The van der Waals surface area contributed by atoms with E-state index >= 15 is 0 Å². The van der Waals surface area contributed by atoms with Crippen LogP contribution in [0.5, 0.6) is 5.75 Å². The Balaban J connectivity index is 1.64. The minimum absolute atomic E-state index is 0.149. The number of aryl methyl sites for hydroxylation is 2. The van der Waals surface area contributed by atoms with Crippen molar-refractivity contribution in [3.8, 4) is 5.75 Å². The van der Waals surface area contributed by atoms with E-state index in [0.717, 1.165) is 17.0 Å². The first-order chi connectivity index (χ1) is 12.9.